The number of amides is 1. The van der Waals surface area contributed by atoms with Gasteiger partial charge in [0.2, 0.25) is 5.91 Å². The highest BCUT2D eigenvalue weighted by atomic mass is 16.2. The molecule has 3 heteroatoms. The maximum Gasteiger partial charge on any atom is 0.240 e. The first-order chi connectivity index (χ1) is 4.75. The van der Waals surface area contributed by atoms with Crippen LogP contribution in [0.4, 0.5) is 0 Å². The zero-order valence-electron chi connectivity index (χ0n) is 6.21. The van der Waals surface area contributed by atoms with E-state index in [1.807, 2.05) is 5.01 Å². The van der Waals surface area contributed by atoms with E-state index >= 15 is 0 Å². The first-order valence-electron chi connectivity index (χ1n) is 3.41. The Labute approximate surface area is 60.9 Å². The molecule has 1 heterocycles. The van der Waals surface area contributed by atoms with E-state index in [1.165, 1.54) is 0 Å². The lowest BCUT2D eigenvalue weighted by atomic mass is 10.2. The van der Waals surface area contributed by atoms with Crippen LogP contribution in [0.25, 0.3) is 0 Å². The molecule has 0 atom stereocenters. The summed E-state index contributed by atoms with van der Waals surface area (Å²) < 4.78 is 0. The van der Waals surface area contributed by atoms with Crippen molar-refractivity contribution in [3.63, 3.8) is 0 Å². The number of carbonyl (C=O) groups excluding carboxylic acids is 1. The van der Waals surface area contributed by atoms with Crippen LogP contribution in [0.1, 0.15) is 12.8 Å². The van der Waals surface area contributed by atoms with Crippen molar-refractivity contribution in [1.29, 1.82) is 0 Å². The summed E-state index contributed by atoms with van der Waals surface area (Å²) in [6.07, 6.45) is 3.28. The van der Waals surface area contributed by atoms with Crippen LogP contribution in [-0.4, -0.2) is 29.5 Å². The minimum atomic E-state index is 0.172. The second-order valence-electron chi connectivity index (χ2n) is 2.37. The van der Waals surface area contributed by atoms with Crippen LogP contribution < -0.4 is 0 Å². The van der Waals surface area contributed by atoms with E-state index in [0.717, 1.165) is 13.0 Å². The van der Waals surface area contributed by atoms with E-state index in [4.69, 9.17) is 0 Å². The predicted molar refractivity (Wildman–Crippen MR) is 38.9 cm³/mol. The Morgan fingerprint density at radius 3 is 2.90 bits per heavy atom. The summed E-state index contributed by atoms with van der Waals surface area (Å²) in [5.41, 5.74) is 0. The average Bonchev–Trinajstić information content (AvgIpc) is 1.95. The van der Waals surface area contributed by atoms with Gasteiger partial charge in [0.25, 0.3) is 0 Å². The third kappa shape index (κ3) is 1.12. The van der Waals surface area contributed by atoms with Gasteiger partial charge in [-0.05, 0) is 6.42 Å². The first-order valence-corrected chi connectivity index (χ1v) is 3.41. The van der Waals surface area contributed by atoms with Crippen LogP contribution >= 0.6 is 0 Å². The van der Waals surface area contributed by atoms with Gasteiger partial charge in [0.1, 0.15) is 0 Å². The van der Waals surface area contributed by atoms with Gasteiger partial charge in [-0.15, -0.1) is 0 Å². The van der Waals surface area contributed by atoms with Crippen molar-refractivity contribution in [1.82, 2.24) is 10.0 Å². The highest BCUT2D eigenvalue weighted by Crippen LogP contribution is 2.09. The fourth-order valence-electron chi connectivity index (χ4n) is 1.06. The van der Waals surface area contributed by atoms with E-state index in [2.05, 4.69) is 6.58 Å². The van der Waals surface area contributed by atoms with Crippen LogP contribution in [0.2, 0.25) is 0 Å². The molecule has 1 amide bonds. The minimum absolute atomic E-state index is 0.172. The zero-order valence-corrected chi connectivity index (χ0v) is 6.21. The molecule has 3 nitrogen and oxygen atoms in total. The molecule has 0 bridgehead atoms. The summed E-state index contributed by atoms with van der Waals surface area (Å²) in [6.45, 7) is 4.51. The third-order valence-corrected chi connectivity index (χ3v) is 1.73. The van der Waals surface area contributed by atoms with Crippen LogP contribution in [0, 0.1) is 0 Å². The highest BCUT2D eigenvalue weighted by Gasteiger charge is 2.18. The van der Waals surface area contributed by atoms with Gasteiger partial charge in [-0.1, -0.05) is 6.58 Å². The Bertz CT molecular complexity index is 156. The molecule has 0 aromatic rings. The van der Waals surface area contributed by atoms with Crippen molar-refractivity contribution in [2.24, 2.45) is 0 Å². The van der Waals surface area contributed by atoms with Crippen LogP contribution in [0.5, 0.6) is 0 Å². The second kappa shape index (κ2) is 2.73. The van der Waals surface area contributed by atoms with Gasteiger partial charge in [-0.25, -0.2) is 0 Å². The third-order valence-electron chi connectivity index (χ3n) is 1.73. The zero-order chi connectivity index (χ0) is 7.56. The molecule has 1 aliphatic rings. The molecular weight excluding hydrogens is 128 g/mol. The normalized spacial score (nSPS) is 19.5. The van der Waals surface area contributed by atoms with Crippen molar-refractivity contribution in [3.8, 4) is 0 Å². The smallest absolute Gasteiger partial charge is 0.240 e. The van der Waals surface area contributed by atoms with Gasteiger partial charge in [0, 0.05) is 26.2 Å². The van der Waals surface area contributed by atoms with E-state index in [1.54, 1.807) is 18.3 Å². The van der Waals surface area contributed by atoms with Crippen molar-refractivity contribution in [2.45, 2.75) is 12.8 Å². The van der Waals surface area contributed by atoms with Gasteiger partial charge in [0.15, 0.2) is 0 Å². The fourth-order valence-corrected chi connectivity index (χ4v) is 1.06. The summed E-state index contributed by atoms with van der Waals surface area (Å²) in [5.74, 6) is 0.172. The lowest BCUT2D eigenvalue weighted by Crippen LogP contribution is -2.44. The quantitative estimate of drug-likeness (QED) is 0.532. The molecular formula is C7H12N2O. The highest BCUT2D eigenvalue weighted by molar-refractivity contribution is 5.76. The molecule has 0 spiro atoms. The van der Waals surface area contributed by atoms with Crippen molar-refractivity contribution in [2.75, 3.05) is 13.6 Å². The fraction of sp³-hybridized carbons (Fsp3) is 0.571. The number of nitrogens with zero attached hydrogens (tertiary/aromatic N) is 2. The van der Waals surface area contributed by atoms with Gasteiger partial charge in [-0.3, -0.25) is 14.8 Å². The largest absolute Gasteiger partial charge is 0.291 e. The number of carbonyl (C=O) groups is 1. The van der Waals surface area contributed by atoms with Crippen molar-refractivity contribution >= 4 is 5.91 Å². The Morgan fingerprint density at radius 1 is 1.70 bits per heavy atom. The summed E-state index contributed by atoms with van der Waals surface area (Å²) in [6, 6.07) is 0. The van der Waals surface area contributed by atoms with Gasteiger partial charge in [0.05, 0.1) is 0 Å². The summed E-state index contributed by atoms with van der Waals surface area (Å²) >= 11 is 0. The average molecular weight is 140 g/mol. The molecule has 1 aliphatic heterocycles. The minimum Gasteiger partial charge on any atom is -0.291 e. The Morgan fingerprint density at radius 2 is 2.40 bits per heavy atom. The molecule has 0 aliphatic carbocycles. The van der Waals surface area contributed by atoms with Crippen molar-refractivity contribution < 1.29 is 4.79 Å². The lowest BCUT2D eigenvalue weighted by molar-refractivity contribution is -0.146. The molecule has 10 heavy (non-hydrogen) atoms. The lowest BCUT2D eigenvalue weighted by Gasteiger charge is -2.34. The SMILES string of the molecule is C=CN1CCCC(=O)N1C. The molecule has 1 saturated heterocycles. The second-order valence-corrected chi connectivity index (χ2v) is 2.37. The molecule has 0 radical (unpaired) electrons. The molecule has 56 valence electrons. The number of rotatable bonds is 1. The van der Waals surface area contributed by atoms with Gasteiger partial charge >= 0.3 is 0 Å². The van der Waals surface area contributed by atoms with Crippen LogP contribution in [0.3, 0.4) is 0 Å². The molecule has 0 aromatic heterocycles. The van der Waals surface area contributed by atoms with E-state index < -0.39 is 0 Å². The van der Waals surface area contributed by atoms with Crippen LogP contribution in [-0.2, 0) is 4.79 Å². The monoisotopic (exact) mass is 140 g/mol. The molecule has 0 N–H and O–H groups in total. The maximum atomic E-state index is 11.0. The number of hydrogen-bond donors (Lipinski definition) is 0. The predicted octanol–water partition coefficient (Wildman–Crippen LogP) is 0.599. The summed E-state index contributed by atoms with van der Waals surface area (Å²) in [7, 11) is 1.77. The van der Waals surface area contributed by atoms with Crippen molar-refractivity contribution in [3.05, 3.63) is 12.8 Å². The van der Waals surface area contributed by atoms with E-state index in [9.17, 15) is 4.79 Å². The Kier molecular flexibility index (Phi) is 1.94. The van der Waals surface area contributed by atoms with E-state index in [-0.39, 0.29) is 5.91 Å². The van der Waals surface area contributed by atoms with Gasteiger partial charge < -0.3 is 0 Å². The molecule has 0 saturated carbocycles. The molecule has 1 fully saturated rings. The Hall–Kier alpha value is -0.990. The van der Waals surface area contributed by atoms with Crippen LogP contribution in [0.15, 0.2) is 12.8 Å². The molecule has 0 unspecified atom stereocenters. The first kappa shape index (κ1) is 7.12. The molecule has 0 aromatic carbocycles. The van der Waals surface area contributed by atoms with Gasteiger partial charge in [-0.2, -0.15) is 0 Å². The standard InChI is InChI=1S/C7H12N2O/c1-3-9-6-4-5-7(10)8(9)2/h3H,1,4-6H2,2H3. The van der Waals surface area contributed by atoms with E-state index in [0.29, 0.717) is 6.42 Å². The summed E-state index contributed by atoms with van der Waals surface area (Å²) in [4.78, 5) is 11.0. The Balaban J connectivity index is 2.59. The summed E-state index contributed by atoms with van der Waals surface area (Å²) in [5, 5.41) is 3.43. The number of hydrogen-bond acceptors (Lipinski definition) is 2. The molecule has 1 rings (SSSR count). The topological polar surface area (TPSA) is 23.6 Å². The maximum absolute atomic E-state index is 11.0. The number of hydrazine groups is 1.